The van der Waals surface area contributed by atoms with Crippen LogP contribution in [0.3, 0.4) is 0 Å². The molecule has 0 radical (unpaired) electrons. The Hall–Kier alpha value is -7.69. The minimum Gasteiger partial charge on any atom is -0.456 e. The first-order valence-corrected chi connectivity index (χ1v) is 21.2. The molecule has 2 aliphatic rings. The summed E-state index contributed by atoms with van der Waals surface area (Å²) in [6.07, 6.45) is 16.5. The molecule has 1 atom stereocenters. The highest BCUT2D eigenvalue weighted by molar-refractivity contribution is 6.15. The number of nitrogens with zero attached hydrogens (tertiary/aromatic N) is 3. The van der Waals surface area contributed by atoms with Crippen LogP contribution in [0.1, 0.15) is 35.4 Å². The van der Waals surface area contributed by atoms with Crippen LogP contribution in [0.15, 0.2) is 193 Å². The Kier molecular flexibility index (Phi) is 8.41. The van der Waals surface area contributed by atoms with Crippen molar-refractivity contribution in [2.24, 2.45) is 0 Å². The van der Waals surface area contributed by atoms with Crippen molar-refractivity contribution in [3.63, 3.8) is 0 Å². The number of benzene rings is 8. The van der Waals surface area contributed by atoms with E-state index in [0.29, 0.717) is 23.4 Å². The predicted octanol–water partition coefficient (Wildman–Crippen LogP) is 15.0. The van der Waals surface area contributed by atoms with E-state index in [0.717, 1.165) is 74.4 Å². The average molecular weight is 782 g/mol. The highest BCUT2D eigenvalue weighted by Crippen LogP contribution is 2.44. The van der Waals surface area contributed by atoms with E-state index in [-0.39, 0.29) is 0 Å². The number of hydrogen-bond donors (Lipinski definition) is 0. The Bertz CT molecular complexity index is 3460. The number of furan rings is 1. The van der Waals surface area contributed by atoms with E-state index in [9.17, 15) is 0 Å². The maximum Gasteiger partial charge on any atom is 0.165 e. The summed E-state index contributed by atoms with van der Waals surface area (Å²) in [7, 11) is 0. The Balaban J connectivity index is 1.08. The lowest BCUT2D eigenvalue weighted by Gasteiger charge is -2.18. The molecule has 288 valence electrons. The fourth-order valence-corrected chi connectivity index (χ4v) is 9.47. The van der Waals surface area contributed by atoms with Gasteiger partial charge in [0, 0.05) is 33.4 Å². The third-order valence-electron chi connectivity index (χ3n) is 12.5. The second-order valence-corrected chi connectivity index (χ2v) is 16.2. The molecule has 12 rings (SSSR count). The number of allylic oxidation sites excluding steroid dienone is 5. The molecule has 0 spiro atoms. The molecule has 2 aromatic heterocycles. The van der Waals surface area contributed by atoms with Crippen LogP contribution in [0, 0.1) is 0 Å². The van der Waals surface area contributed by atoms with Crippen molar-refractivity contribution in [1.29, 1.82) is 0 Å². The van der Waals surface area contributed by atoms with E-state index in [2.05, 4.69) is 182 Å². The lowest BCUT2D eigenvalue weighted by molar-refractivity contribution is 0.669. The average Bonchev–Trinajstić information content (AvgIpc) is 3.72. The molecule has 4 heteroatoms. The predicted molar refractivity (Wildman–Crippen MR) is 252 cm³/mol. The van der Waals surface area contributed by atoms with Gasteiger partial charge < -0.3 is 4.42 Å². The minimum absolute atomic E-state index is 0.351. The Morgan fingerprint density at radius 1 is 0.492 bits per heavy atom. The van der Waals surface area contributed by atoms with Crippen LogP contribution in [-0.2, 0) is 6.42 Å². The number of aryl methyl sites for hydroxylation is 1. The second kappa shape index (κ2) is 14.5. The van der Waals surface area contributed by atoms with Crippen molar-refractivity contribution in [2.45, 2.75) is 25.2 Å². The Morgan fingerprint density at radius 3 is 2.05 bits per heavy atom. The van der Waals surface area contributed by atoms with Gasteiger partial charge in [0.1, 0.15) is 11.2 Å². The van der Waals surface area contributed by atoms with Gasteiger partial charge in [-0.15, -0.1) is 0 Å². The van der Waals surface area contributed by atoms with Crippen LogP contribution in [0.2, 0.25) is 0 Å². The fourth-order valence-electron chi connectivity index (χ4n) is 9.47. The highest BCUT2D eigenvalue weighted by atomic mass is 16.3. The summed E-state index contributed by atoms with van der Waals surface area (Å²) in [5, 5.41) is 6.72. The molecule has 0 bridgehead atoms. The fraction of sp³-hybridized carbons (Fsp3) is 0.0702. The van der Waals surface area contributed by atoms with E-state index in [1.54, 1.807) is 0 Å². The summed E-state index contributed by atoms with van der Waals surface area (Å²) in [5.41, 5.74) is 13.0. The molecular weight excluding hydrogens is 743 g/mol. The third-order valence-corrected chi connectivity index (χ3v) is 12.5. The van der Waals surface area contributed by atoms with Crippen molar-refractivity contribution in [3.05, 3.63) is 205 Å². The largest absolute Gasteiger partial charge is 0.456 e. The van der Waals surface area contributed by atoms with E-state index in [4.69, 9.17) is 19.4 Å². The van der Waals surface area contributed by atoms with E-state index >= 15 is 0 Å². The molecule has 8 aromatic carbocycles. The van der Waals surface area contributed by atoms with Gasteiger partial charge in [0.05, 0.1) is 0 Å². The lowest BCUT2D eigenvalue weighted by Crippen LogP contribution is -2.02. The molecule has 2 aliphatic carbocycles. The molecule has 10 aromatic rings. The molecule has 0 fully saturated rings. The topological polar surface area (TPSA) is 51.8 Å². The maximum absolute atomic E-state index is 6.54. The van der Waals surface area contributed by atoms with Crippen LogP contribution in [0.25, 0.3) is 106 Å². The molecule has 0 saturated heterocycles. The summed E-state index contributed by atoms with van der Waals surface area (Å²) < 4.78 is 6.54. The van der Waals surface area contributed by atoms with Crippen molar-refractivity contribution in [2.75, 3.05) is 0 Å². The second-order valence-electron chi connectivity index (χ2n) is 16.2. The van der Waals surface area contributed by atoms with E-state index in [1.165, 1.54) is 44.0 Å². The lowest BCUT2D eigenvalue weighted by atomic mass is 9.86. The van der Waals surface area contributed by atoms with E-state index < -0.39 is 0 Å². The zero-order valence-electron chi connectivity index (χ0n) is 33.4. The van der Waals surface area contributed by atoms with Crippen LogP contribution < -0.4 is 0 Å². The maximum atomic E-state index is 6.54. The Morgan fingerprint density at radius 2 is 1.20 bits per heavy atom. The molecule has 1 unspecified atom stereocenters. The van der Waals surface area contributed by atoms with Crippen molar-refractivity contribution in [3.8, 4) is 56.4 Å². The zero-order valence-corrected chi connectivity index (χ0v) is 33.4. The van der Waals surface area contributed by atoms with Gasteiger partial charge in [0.2, 0.25) is 0 Å². The quantitative estimate of drug-likeness (QED) is 0.169. The van der Waals surface area contributed by atoms with Gasteiger partial charge in [0.25, 0.3) is 0 Å². The van der Waals surface area contributed by atoms with Gasteiger partial charge in [-0.3, -0.25) is 0 Å². The van der Waals surface area contributed by atoms with Crippen LogP contribution in [-0.4, -0.2) is 15.0 Å². The Labute approximate surface area is 353 Å². The van der Waals surface area contributed by atoms with Crippen molar-refractivity contribution in [1.82, 2.24) is 15.0 Å². The van der Waals surface area contributed by atoms with Gasteiger partial charge in [-0.2, -0.15) is 0 Å². The van der Waals surface area contributed by atoms with Crippen molar-refractivity contribution >= 4 is 49.6 Å². The number of hydrogen-bond acceptors (Lipinski definition) is 4. The van der Waals surface area contributed by atoms with Gasteiger partial charge in [-0.1, -0.05) is 164 Å². The van der Waals surface area contributed by atoms with Crippen LogP contribution >= 0.6 is 0 Å². The molecule has 0 amide bonds. The summed E-state index contributed by atoms with van der Waals surface area (Å²) in [6.45, 7) is 0. The van der Waals surface area contributed by atoms with Gasteiger partial charge in [0.15, 0.2) is 17.5 Å². The van der Waals surface area contributed by atoms with Gasteiger partial charge in [-0.25, -0.2) is 15.0 Å². The molecule has 4 nitrogen and oxygen atoms in total. The SMILES string of the molecule is C1=CCC(c2ccccc2-c2ccc(-c3ccc4oc5ccccc5c4c3-c3nc(-c4ccc5ccccc5c4)nc(-c4ccc5ccc6c(c5c4)C=CCC6)n3)cc2)C=C1. The number of aromatic nitrogens is 3. The number of rotatable bonds is 6. The summed E-state index contributed by atoms with van der Waals surface area (Å²) in [6, 6.07) is 56.3. The zero-order chi connectivity index (χ0) is 40.3. The summed E-state index contributed by atoms with van der Waals surface area (Å²) in [5.74, 6) is 2.20. The van der Waals surface area contributed by atoms with Gasteiger partial charge >= 0.3 is 0 Å². The molecule has 0 aliphatic heterocycles. The number of para-hydroxylation sites is 1. The van der Waals surface area contributed by atoms with Gasteiger partial charge in [-0.05, 0) is 110 Å². The van der Waals surface area contributed by atoms with Crippen molar-refractivity contribution < 1.29 is 4.42 Å². The smallest absolute Gasteiger partial charge is 0.165 e. The molecule has 2 heterocycles. The minimum atomic E-state index is 0.351. The molecule has 0 N–H and O–H groups in total. The standard InChI is InChI=1S/C57H39N3O/c1-2-13-37(14-3-1)45-17-8-9-18-46(45)39-24-26-40(27-25-39)48-32-33-52-53(49-20-10-11-21-51(49)61-52)54(48)57-59-55(43-30-22-36-12-4-5-16-42(36)34-43)58-56(60-57)44-31-29-41-28-23-38-15-6-7-19-47(38)50(41)35-44/h1-5,7-13,16-35,37H,6,14-15H2. The highest BCUT2D eigenvalue weighted by Gasteiger charge is 2.23. The van der Waals surface area contributed by atoms with Crippen LogP contribution in [0.4, 0.5) is 0 Å². The third kappa shape index (κ3) is 6.19. The molecular formula is C57H39N3O. The first-order chi connectivity index (χ1) is 30.2. The molecule has 0 saturated carbocycles. The van der Waals surface area contributed by atoms with E-state index in [1.807, 2.05) is 12.1 Å². The summed E-state index contributed by atoms with van der Waals surface area (Å²) in [4.78, 5) is 16.1. The van der Waals surface area contributed by atoms with Crippen LogP contribution in [0.5, 0.6) is 0 Å². The normalized spacial score (nSPS) is 14.7. The first kappa shape index (κ1) is 35.3. The first-order valence-electron chi connectivity index (χ1n) is 21.2. The monoisotopic (exact) mass is 781 g/mol. The molecule has 61 heavy (non-hydrogen) atoms. The summed E-state index contributed by atoms with van der Waals surface area (Å²) >= 11 is 0. The number of fused-ring (bicyclic) bond motifs is 7.